The van der Waals surface area contributed by atoms with Gasteiger partial charge in [-0.25, -0.2) is 0 Å². The van der Waals surface area contributed by atoms with Crippen LogP contribution in [-0.4, -0.2) is 23.1 Å². The Bertz CT molecular complexity index is 348. The average molecular weight is 224 g/mol. The third-order valence-electron chi connectivity index (χ3n) is 1.95. The number of hydrogen-bond acceptors (Lipinski definition) is 4. The predicted molar refractivity (Wildman–Crippen MR) is 59.3 cm³/mol. The molecule has 16 heavy (non-hydrogen) atoms. The molecule has 4 nitrogen and oxygen atoms in total. The van der Waals surface area contributed by atoms with Gasteiger partial charge in [-0.3, -0.25) is 4.79 Å². The minimum Gasteiger partial charge on any atom is -0.382 e. The highest BCUT2D eigenvalue weighted by Crippen LogP contribution is 2.17. The Morgan fingerprint density at radius 1 is 1.31 bits per heavy atom. The van der Waals surface area contributed by atoms with Crippen LogP contribution in [0.2, 0.25) is 0 Å². The zero-order valence-corrected chi connectivity index (χ0v) is 9.69. The molecule has 0 radical (unpaired) electrons. The van der Waals surface area contributed by atoms with Crippen molar-refractivity contribution in [1.82, 2.24) is 0 Å². The predicted octanol–water partition coefficient (Wildman–Crippen LogP) is 1.97. The fourth-order valence-electron chi connectivity index (χ4n) is 1.14. The first kappa shape index (κ1) is 12.7. The van der Waals surface area contributed by atoms with Gasteiger partial charge in [-0.05, 0) is 45.0 Å². The quantitative estimate of drug-likeness (QED) is 0.472. The summed E-state index contributed by atoms with van der Waals surface area (Å²) in [7, 11) is 0. The van der Waals surface area contributed by atoms with Gasteiger partial charge in [0.2, 0.25) is 0 Å². The van der Waals surface area contributed by atoms with Gasteiger partial charge < -0.3 is 9.99 Å². The van der Waals surface area contributed by atoms with Crippen LogP contribution < -0.4 is 4.89 Å². The number of Topliss-reactive ketones (excluding diaryl/α,β-unsaturated/α-hetero) is 1. The summed E-state index contributed by atoms with van der Waals surface area (Å²) in [5.74, 6) is 0.199. The Labute approximate surface area is 94.7 Å². The lowest BCUT2D eigenvalue weighted by molar-refractivity contribution is -0.202. The van der Waals surface area contributed by atoms with Gasteiger partial charge in [-0.15, -0.1) is 0 Å². The Kier molecular flexibility index (Phi) is 4.04. The van der Waals surface area contributed by atoms with E-state index >= 15 is 0 Å². The van der Waals surface area contributed by atoms with Crippen LogP contribution in [-0.2, 0) is 4.89 Å². The normalized spacial score (nSPS) is 11.2. The van der Waals surface area contributed by atoms with Crippen molar-refractivity contribution in [1.29, 1.82) is 0 Å². The van der Waals surface area contributed by atoms with Gasteiger partial charge in [0, 0.05) is 5.56 Å². The monoisotopic (exact) mass is 224 g/mol. The molecule has 1 aromatic rings. The molecule has 0 aliphatic carbocycles. The first-order valence-corrected chi connectivity index (χ1v) is 5.12. The molecule has 88 valence electrons. The third-order valence-corrected chi connectivity index (χ3v) is 1.95. The van der Waals surface area contributed by atoms with Gasteiger partial charge in [-0.1, -0.05) is 0 Å². The van der Waals surface area contributed by atoms with E-state index in [9.17, 15) is 9.90 Å². The number of carbonyl (C=O) groups excluding carboxylic acids is 1. The molecule has 0 bridgehead atoms. The van der Waals surface area contributed by atoms with Crippen LogP contribution in [0.5, 0.6) is 5.75 Å². The average Bonchev–Trinajstić information content (AvgIpc) is 2.25. The van der Waals surface area contributed by atoms with E-state index in [0.717, 1.165) is 0 Å². The molecule has 0 aliphatic rings. The van der Waals surface area contributed by atoms with E-state index in [1.54, 1.807) is 24.3 Å². The first-order valence-electron chi connectivity index (χ1n) is 5.12. The van der Waals surface area contributed by atoms with Crippen LogP contribution in [0.25, 0.3) is 0 Å². The molecule has 0 aliphatic heterocycles. The molecule has 0 spiro atoms. The molecule has 4 heteroatoms. The highest BCUT2D eigenvalue weighted by Gasteiger charge is 2.24. The van der Waals surface area contributed by atoms with Gasteiger partial charge in [0.1, 0.15) is 5.60 Å². The molecule has 0 fully saturated rings. The second-order valence-electron chi connectivity index (χ2n) is 3.90. The van der Waals surface area contributed by atoms with Crippen molar-refractivity contribution in [3.05, 3.63) is 29.8 Å². The van der Waals surface area contributed by atoms with E-state index in [1.807, 2.05) is 6.92 Å². The van der Waals surface area contributed by atoms with Crippen molar-refractivity contribution in [3.63, 3.8) is 0 Å². The summed E-state index contributed by atoms with van der Waals surface area (Å²) < 4.78 is 0. The molecular formula is C12H16O4. The maximum atomic E-state index is 11.7. The summed E-state index contributed by atoms with van der Waals surface area (Å²) in [6, 6.07) is 6.42. The maximum Gasteiger partial charge on any atom is 0.193 e. The SMILES string of the molecule is CCOOc1ccc(C(=O)C(C)(C)O)cc1. The van der Waals surface area contributed by atoms with E-state index in [-0.39, 0.29) is 5.78 Å². The molecule has 0 unspecified atom stereocenters. The smallest absolute Gasteiger partial charge is 0.193 e. The molecule has 0 saturated carbocycles. The summed E-state index contributed by atoms with van der Waals surface area (Å²) in [5, 5.41) is 9.54. The highest BCUT2D eigenvalue weighted by molar-refractivity contribution is 6.01. The second kappa shape index (κ2) is 5.09. The van der Waals surface area contributed by atoms with Crippen molar-refractivity contribution >= 4 is 5.78 Å². The van der Waals surface area contributed by atoms with Gasteiger partial charge >= 0.3 is 0 Å². The van der Waals surface area contributed by atoms with Crippen LogP contribution in [0.15, 0.2) is 24.3 Å². The van der Waals surface area contributed by atoms with Gasteiger partial charge in [0.05, 0.1) is 6.61 Å². The third kappa shape index (κ3) is 3.32. The number of benzene rings is 1. The molecule has 0 atom stereocenters. The van der Waals surface area contributed by atoms with Gasteiger partial charge in [0.15, 0.2) is 11.5 Å². The topological polar surface area (TPSA) is 55.8 Å². The van der Waals surface area contributed by atoms with E-state index in [1.165, 1.54) is 13.8 Å². The largest absolute Gasteiger partial charge is 0.382 e. The van der Waals surface area contributed by atoms with Crippen molar-refractivity contribution in [2.24, 2.45) is 0 Å². The van der Waals surface area contributed by atoms with E-state index in [0.29, 0.717) is 17.9 Å². The lowest BCUT2D eigenvalue weighted by atomic mass is 9.97. The summed E-state index contributed by atoms with van der Waals surface area (Å²) >= 11 is 0. The van der Waals surface area contributed by atoms with Crippen LogP contribution >= 0.6 is 0 Å². The molecule has 0 amide bonds. The zero-order chi connectivity index (χ0) is 12.2. The lowest BCUT2D eigenvalue weighted by Gasteiger charge is -2.15. The lowest BCUT2D eigenvalue weighted by Crippen LogP contribution is -2.30. The Morgan fingerprint density at radius 3 is 2.31 bits per heavy atom. The molecule has 1 N–H and O–H groups in total. The second-order valence-corrected chi connectivity index (χ2v) is 3.90. The van der Waals surface area contributed by atoms with Crippen LogP contribution in [0.1, 0.15) is 31.1 Å². The minimum atomic E-state index is -1.36. The zero-order valence-electron chi connectivity index (χ0n) is 9.69. The summed E-state index contributed by atoms with van der Waals surface area (Å²) in [5.41, 5.74) is -0.918. The van der Waals surface area contributed by atoms with Crippen molar-refractivity contribution in [2.75, 3.05) is 6.61 Å². The van der Waals surface area contributed by atoms with Crippen LogP contribution in [0.4, 0.5) is 0 Å². The molecule has 1 rings (SSSR count). The minimum absolute atomic E-state index is 0.324. The summed E-state index contributed by atoms with van der Waals surface area (Å²) in [6.45, 7) is 5.18. The maximum absolute atomic E-state index is 11.7. The molecule has 0 heterocycles. The first-order chi connectivity index (χ1) is 7.45. The van der Waals surface area contributed by atoms with Crippen molar-refractivity contribution in [2.45, 2.75) is 26.4 Å². The standard InChI is InChI=1S/C12H16O4/c1-4-15-16-10-7-5-9(6-8-10)11(13)12(2,3)14/h5-8,14H,4H2,1-3H3. The van der Waals surface area contributed by atoms with Crippen LogP contribution in [0, 0.1) is 0 Å². The van der Waals surface area contributed by atoms with Crippen molar-refractivity contribution in [3.8, 4) is 5.75 Å². The van der Waals surface area contributed by atoms with Crippen LogP contribution in [0.3, 0.4) is 0 Å². The van der Waals surface area contributed by atoms with Crippen molar-refractivity contribution < 1.29 is 19.7 Å². The molecular weight excluding hydrogens is 208 g/mol. The number of aliphatic hydroxyl groups is 1. The molecule has 0 saturated heterocycles. The van der Waals surface area contributed by atoms with Gasteiger partial charge in [0.25, 0.3) is 0 Å². The van der Waals surface area contributed by atoms with E-state index < -0.39 is 5.60 Å². The van der Waals surface area contributed by atoms with E-state index in [4.69, 9.17) is 9.78 Å². The van der Waals surface area contributed by atoms with Gasteiger partial charge in [-0.2, -0.15) is 4.89 Å². The molecule has 0 aromatic heterocycles. The number of rotatable bonds is 5. The fraction of sp³-hybridized carbons (Fsp3) is 0.417. The number of ketones is 1. The van der Waals surface area contributed by atoms with E-state index in [2.05, 4.69) is 0 Å². The summed E-state index contributed by atoms with van der Waals surface area (Å²) in [4.78, 5) is 21.3. The Hall–Kier alpha value is -1.39. The Morgan fingerprint density at radius 2 is 1.88 bits per heavy atom. The summed E-state index contributed by atoms with van der Waals surface area (Å²) in [6.07, 6.45) is 0. The number of carbonyl (C=O) groups is 1. The highest BCUT2D eigenvalue weighted by atomic mass is 17.2. The number of hydrogen-bond donors (Lipinski definition) is 1. The fourth-order valence-corrected chi connectivity index (χ4v) is 1.14. The molecule has 1 aromatic carbocycles. The Balaban J connectivity index is 2.75.